The summed E-state index contributed by atoms with van der Waals surface area (Å²) in [5.74, 6) is 0.0404. The fourth-order valence-electron chi connectivity index (χ4n) is 1.20. The summed E-state index contributed by atoms with van der Waals surface area (Å²) in [7, 11) is 1.27. The Kier molecular flexibility index (Phi) is 2.64. The molecule has 0 bridgehead atoms. The number of carbonyl (C=O) groups is 1. The molecule has 0 fully saturated rings. The molecule has 0 saturated heterocycles. The number of esters is 1. The van der Waals surface area contributed by atoms with Crippen molar-refractivity contribution in [1.29, 1.82) is 0 Å². The van der Waals surface area contributed by atoms with Crippen LogP contribution in [0.25, 0.3) is 0 Å². The number of ether oxygens (including phenoxy) is 3. The van der Waals surface area contributed by atoms with E-state index >= 15 is 0 Å². The minimum absolute atomic E-state index is 0.103. The smallest absolute Gasteiger partial charge is 0.356 e. The van der Waals surface area contributed by atoms with Gasteiger partial charge in [0.2, 0.25) is 0 Å². The molecule has 6 heteroatoms. The van der Waals surface area contributed by atoms with Gasteiger partial charge < -0.3 is 14.2 Å². The maximum atomic E-state index is 11.2. The third-order valence-electron chi connectivity index (χ3n) is 1.86. The summed E-state index contributed by atoms with van der Waals surface area (Å²) >= 11 is 5.90. The quantitative estimate of drug-likeness (QED) is 0.680. The number of nitrogens with zero attached hydrogens (tertiary/aromatic N) is 1. The largest absolute Gasteiger partial charge is 0.483 e. The summed E-state index contributed by atoms with van der Waals surface area (Å²) < 4.78 is 15.0. The lowest BCUT2D eigenvalue weighted by Gasteiger charge is -2.18. The van der Waals surface area contributed by atoms with Crippen molar-refractivity contribution in [2.75, 3.05) is 20.3 Å². The molecule has 1 aromatic rings. The van der Waals surface area contributed by atoms with Crippen LogP contribution in [-0.4, -0.2) is 31.3 Å². The fraction of sp³-hybridized carbons (Fsp3) is 0.333. The molecule has 5 nitrogen and oxygen atoms in total. The van der Waals surface area contributed by atoms with Crippen LogP contribution in [0.5, 0.6) is 11.6 Å². The second-order valence-corrected chi connectivity index (χ2v) is 3.22. The van der Waals surface area contributed by atoms with Crippen molar-refractivity contribution in [1.82, 2.24) is 4.98 Å². The molecule has 0 radical (unpaired) electrons. The monoisotopic (exact) mass is 229 g/mol. The molecule has 0 unspecified atom stereocenters. The predicted octanol–water partition coefficient (Wildman–Crippen LogP) is 1.29. The van der Waals surface area contributed by atoms with Crippen molar-refractivity contribution in [3.05, 3.63) is 16.8 Å². The van der Waals surface area contributed by atoms with Gasteiger partial charge in [-0.15, -0.1) is 0 Å². The number of halogens is 1. The Hall–Kier alpha value is -1.49. The molecule has 2 heterocycles. The number of aromatic nitrogens is 1. The second-order valence-electron chi connectivity index (χ2n) is 2.81. The molecule has 80 valence electrons. The van der Waals surface area contributed by atoms with E-state index < -0.39 is 5.97 Å². The average molecular weight is 230 g/mol. The number of fused-ring (bicyclic) bond motifs is 1. The normalized spacial score (nSPS) is 13.5. The minimum Gasteiger partial charge on any atom is -0.483 e. The molecule has 0 aromatic carbocycles. The maximum Gasteiger partial charge on any atom is 0.356 e. The highest BCUT2D eigenvalue weighted by Crippen LogP contribution is 2.35. The Morgan fingerprint density at radius 3 is 3.00 bits per heavy atom. The molecule has 1 aliphatic rings. The lowest BCUT2D eigenvalue weighted by molar-refractivity contribution is 0.0591. The van der Waals surface area contributed by atoms with Crippen molar-refractivity contribution in [2.45, 2.75) is 0 Å². The summed E-state index contributed by atoms with van der Waals surface area (Å²) in [4.78, 5) is 15.2. The lowest BCUT2D eigenvalue weighted by atomic mass is 10.3. The van der Waals surface area contributed by atoms with Gasteiger partial charge in [-0.25, -0.2) is 9.78 Å². The zero-order valence-corrected chi connectivity index (χ0v) is 8.71. The van der Waals surface area contributed by atoms with Crippen LogP contribution < -0.4 is 9.47 Å². The van der Waals surface area contributed by atoms with Crippen molar-refractivity contribution in [3.8, 4) is 11.6 Å². The number of hydrogen-bond acceptors (Lipinski definition) is 5. The van der Waals surface area contributed by atoms with Gasteiger partial charge in [0.1, 0.15) is 13.2 Å². The van der Waals surface area contributed by atoms with Crippen LogP contribution in [0.2, 0.25) is 5.02 Å². The van der Waals surface area contributed by atoms with Crippen molar-refractivity contribution >= 4 is 17.6 Å². The summed E-state index contributed by atoms with van der Waals surface area (Å²) in [6, 6.07) is 1.39. The van der Waals surface area contributed by atoms with E-state index in [9.17, 15) is 4.79 Å². The Labute approximate surface area is 90.9 Å². The number of carbonyl (C=O) groups excluding carboxylic acids is 1. The second kappa shape index (κ2) is 3.94. The number of pyridine rings is 1. The van der Waals surface area contributed by atoms with Gasteiger partial charge in [-0.2, -0.15) is 0 Å². The van der Waals surface area contributed by atoms with Gasteiger partial charge >= 0.3 is 5.97 Å². The molecule has 0 spiro atoms. The Morgan fingerprint density at radius 2 is 2.27 bits per heavy atom. The molecule has 1 aliphatic heterocycles. The number of hydrogen-bond donors (Lipinski definition) is 0. The van der Waals surface area contributed by atoms with Crippen molar-refractivity contribution in [2.24, 2.45) is 0 Å². The molecule has 15 heavy (non-hydrogen) atoms. The molecule has 0 saturated carbocycles. The first-order valence-electron chi connectivity index (χ1n) is 4.27. The van der Waals surface area contributed by atoms with Crippen molar-refractivity contribution < 1.29 is 19.0 Å². The van der Waals surface area contributed by atoms with E-state index in [1.165, 1.54) is 13.2 Å². The molecule has 0 atom stereocenters. The van der Waals surface area contributed by atoms with E-state index in [-0.39, 0.29) is 11.6 Å². The summed E-state index contributed by atoms with van der Waals surface area (Å²) in [6.45, 7) is 0.812. The topological polar surface area (TPSA) is 57.7 Å². The maximum absolute atomic E-state index is 11.2. The van der Waals surface area contributed by atoms with Gasteiger partial charge in [-0.05, 0) is 6.07 Å². The highest BCUT2D eigenvalue weighted by atomic mass is 35.5. The van der Waals surface area contributed by atoms with Crippen molar-refractivity contribution in [3.63, 3.8) is 0 Å². The van der Waals surface area contributed by atoms with Gasteiger partial charge in [0.15, 0.2) is 11.4 Å². The molecule has 0 N–H and O–H groups in total. The Morgan fingerprint density at radius 1 is 1.53 bits per heavy atom. The van der Waals surface area contributed by atoms with E-state index in [2.05, 4.69) is 9.72 Å². The standard InChI is InChI=1S/C9H8ClNO4/c1-13-9(12)6-4-5(10)7-8(11-6)15-3-2-14-7/h4H,2-3H2,1H3. The first kappa shape index (κ1) is 10.0. The molecular formula is C9H8ClNO4. The fourth-order valence-corrected chi connectivity index (χ4v) is 1.44. The van der Waals surface area contributed by atoms with E-state index in [1.54, 1.807) is 0 Å². The van der Waals surface area contributed by atoms with E-state index in [0.29, 0.717) is 24.0 Å². The van der Waals surface area contributed by atoms with Crippen LogP contribution in [0.4, 0.5) is 0 Å². The third kappa shape index (κ3) is 1.83. The van der Waals surface area contributed by atoms with Crippen LogP contribution in [0, 0.1) is 0 Å². The molecule has 2 rings (SSSR count). The molecule has 1 aromatic heterocycles. The summed E-state index contributed by atoms with van der Waals surface area (Å²) in [5, 5.41) is 0.292. The lowest BCUT2D eigenvalue weighted by Crippen LogP contribution is -2.18. The van der Waals surface area contributed by atoms with E-state index in [0.717, 1.165) is 0 Å². The minimum atomic E-state index is -0.561. The van der Waals surface area contributed by atoms with Crippen LogP contribution >= 0.6 is 11.6 Å². The third-order valence-corrected chi connectivity index (χ3v) is 2.14. The zero-order valence-electron chi connectivity index (χ0n) is 7.95. The average Bonchev–Trinajstić information content (AvgIpc) is 2.28. The highest BCUT2D eigenvalue weighted by molar-refractivity contribution is 6.32. The van der Waals surface area contributed by atoms with E-state index in [1.807, 2.05) is 0 Å². The summed E-state index contributed by atoms with van der Waals surface area (Å²) in [6.07, 6.45) is 0. The van der Waals surface area contributed by atoms with Crippen LogP contribution in [0.1, 0.15) is 10.5 Å². The Balaban J connectivity index is 2.45. The Bertz CT molecular complexity index is 407. The van der Waals surface area contributed by atoms with Crippen LogP contribution in [0.3, 0.4) is 0 Å². The molecular weight excluding hydrogens is 222 g/mol. The first-order valence-corrected chi connectivity index (χ1v) is 4.64. The number of methoxy groups -OCH3 is 1. The van der Waals surface area contributed by atoms with Gasteiger partial charge in [0, 0.05) is 0 Å². The van der Waals surface area contributed by atoms with Gasteiger partial charge in [0.05, 0.1) is 12.1 Å². The SMILES string of the molecule is COC(=O)c1cc(Cl)c2c(n1)OCCO2. The first-order chi connectivity index (χ1) is 7.22. The summed E-state index contributed by atoms with van der Waals surface area (Å²) in [5.41, 5.74) is 0.103. The molecule has 0 amide bonds. The number of rotatable bonds is 1. The van der Waals surface area contributed by atoms with Gasteiger partial charge in [-0.1, -0.05) is 11.6 Å². The van der Waals surface area contributed by atoms with Crippen LogP contribution in [0.15, 0.2) is 6.07 Å². The highest BCUT2D eigenvalue weighted by Gasteiger charge is 2.21. The van der Waals surface area contributed by atoms with Crippen LogP contribution in [-0.2, 0) is 4.74 Å². The molecule has 0 aliphatic carbocycles. The predicted molar refractivity (Wildman–Crippen MR) is 51.6 cm³/mol. The van der Waals surface area contributed by atoms with E-state index in [4.69, 9.17) is 21.1 Å². The zero-order chi connectivity index (χ0) is 10.8. The van der Waals surface area contributed by atoms with Gasteiger partial charge in [0.25, 0.3) is 5.88 Å². The van der Waals surface area contributed by atoms with Gasteiger partial charge in [-0.3, -0.25) is 0 Å².